The summed E-state index contributed by atoms with van der Waals surface area (Å²) in [5, 5.41) is 2.75. The number of oxazole rings is 1. The molecule has 2 aromatic rings. The van der Waals surface area contributed by atoms with Gasteiger partial charge in [0, 0.05) is 6.54 Å². The monoisotopic (exact) mass is 335 g/mol. The van der Waals surface area contributed by atoms with E-state index in [1.54, 1.807) is 0 Å². The molecule has 3 rings (SSSR count). The second-order valence-electron chi connectivity index (χ2n) is 5.41. The summed E-state index contributed by atoms with van der Waals surface area (Å²) in [6, 6.07) is 9.82. The van der Waals surface area contributed by atoms with Crippen LogP contribution in [0.4, 0.5) is 0 Å². The first kappa shape index (κ1) is 15.7. The van der Waals surface area contributed by atoms with Crippen LogP contribution in [-0.2, 0) is 29.5 Å². The molecule has 7 nitrogen and oxygen atoms in total. The van der Waals surface area contributed by atoms with E-state index in [1.165, 1.54) is 4.31 Å². The van der Waals surface area contributed by atoms with E-state index in [-0.39, 0.29) is 24.9 Å². The van der Waals surface area contributed by atoms with Crippen LogP contribution in [0.15, 0.2) is 34.7 Å². The minimum Gasteiger partial charge on any atom is -0.436 e. The average molecular weight is 335 g/mol. The molecule has 1 aliphatic heterocycles. The zero-order valence-electron chi connectivity index (χ0n) is 12.7. The second-order valence-corrected chi connectivity index (χ2v) is 7.39. The smallest absolute Gasteiger partial charge is 0.307 e. The van der Waals surface area contributed by atoms with Crippen LogP contribution in [0.3, 0.4) is 0 Å². The van der Waals surface area contributed by atoms with Crippen LogP contribution in [0, 0.1) is 0 Å². The normalized spacial score (nSPS) is 14.7. The predicted molar refractivity (Wildman–Crippen MR) is 83.1 cm³/mol. The highest BCUT2D eigenvalue weighted by atomic mass is 32.2. The number of hydrogen-bond acceptors (Lipinski definition) is 5. The summed E-state index contributed by atoms with van der Waals surface area (Å²) in [6.07, 6.45) is 1.85. The van der Waals surface area contributed by atoms with E-state index in [2.05, 4.69) is 10.3 Å². The molecule has 1 N–H and O–H groups in total. The van der Waals surface area contributed by atoms with Crippen LogP contribution in [0.1, 0.15) is 27.7 Å². The topological polar surface area (TPSA) is 92.5 Å². The summed E-state index contributed by atoms with van der Waals surface area (Å²) >= 11 is 0. The largest absolute Gasteiger partial charge is 0.436 e. The van der Waals surface area contributed by atoms with E-state index in [9.17, 15) is 13.2 Å². The zero-order valence-corrected chi connectivity index (χ0v) is 13.5. The third kappa shape index (κ3) is 3.59. The minimum atomic E-state index is -3.29. The zero-order chi connectivity index (χ0) is 16.4. The van der Waals surface area contributed by atoms with Gasteiger partial charge in [-0.05, 0) is 12.0 Å². The molecule has 1 aromatic heterocycles. The van der Waals surface area contributed by atoms with Gasteiger partial charge < -0.3 is 9.73 Å². The van der Waals surface area contributed by atoms with Crippen molar-refractivity contribution in [3.8, 4) is 0 Å². The van der Waals surface area contributed by atoms with Crippen LogP contribution in [0.5, 0.6) is 0 Å². The van der Waals surface area contributed by atoms with Gasteiger partial charge in [0.05, 0.1) is 25.0 Å². The number of carbonyl (C=O) groups is 1. The van der Waals surface area contributed by atoms with Crippen LogP contribution < -0.4 is 5.32 Å². The summed E-state index contributed by atoms with van der Waals surface area (Å²) in [7, 11) is -3.29. The predicted octanol–water partition coefficient (Wildman–Crippen LogP) is 0.922. The van der Waals surface area contributed by atoms with Gasteiger partial charge >= 0.3 is 5.91 Å². The Morgan fingerprint density at radius 3 is 2.70 bits per heavy atom. The minimum absolute atomic E-state index is 0.0174. The van der Waals surface area contributed by atoms with Crippen LogP contribution in [0.25, 0.3) is 0 Å². The summed E-state index contributed by atoms with van der Waals surface area (Å²) in [5.74, 6) is 0.0288. The molecule has 8 heteroatoms. The highest BCUT2D eigenvalue weighted by Crippen LogP contribution is 2.25. The Balaban J connectivity index is 1.56. The van der Waals surface area contributed by atoms with Crippen molar-refractivity contribution in [2.75, 3.05) is 12.8 Å². The van der Waals surface area contributed by atoms with Crippen molar-refractivity contribution in [1.82, 2.24) is 14.6 Å². The first-order chi connectivity index (χ1) is 10.9. The van der Waals surface area contributed by atoms with Gasteiger partial charge in [0.1, 0.15) is 5.76 Å². The third-order valence-electron chi connectivity index (χ3n) is 3.63. The molecule has 0 fully saturated rings. The SMILES string of the molecule is CS(=O)(=O)N1Cc2nc(C(=O)NCCc3ccccc3)oc2C1. The Morgan fingerprint density at radius 2 is 2.04 bits per heavy atom. The first-order valence-corrected chi connectivity index (χ1v) is 9.04. The maximum atomic E-state index is 12.0. The van der Waals surface area contributed by atoms with Gasteiger partial charge in [-0.15, -0.1) is 0 Å². The molecule has 0 bridgehead atoms. The van der Waals surface area contributed by atoms with Gasteiger partial charge in [-0.3, -0.25) is 4.79 Å². The molecule has 122 valence electrons. The number of aromatic nitrogens is 1. The van der Waals surface area contributed by atoms with Crippen molar-refractivity contribution in [3.63, 3.8) is 0 Å². The Labute approximate surface area is 134 Å². The number of carbonyl (C=O) groups excluding carboxylic acids is 1. The van der Waals surface area contributed by atoms with Gasteiger partial charge in [0.2, 0.25) is 10.0 Å². The Morgan fingerprint density at radius 1 is 1.30 bits per heavy atom. The number of benzene rings is 1. The van der Waals surface area contributed by atoms with Crippen molar-refractivity contribution in [1.29, 1.82) is 0 Å². The average Bonchev–Trinajstić information content (AvgIpc) is 3.06. The van der Waals surface area contributed by atoms with Crippen molar-refractivity contribution in [3.05, 3.63) is 53.2 Å². The summed E-state index contributed by atoms with van der Waals surface area (Å²) in [4.78, 5) is 16.1. The standard InChI is InChI=1S/C15H17N3O4S/c1-23(20,21)18-9-12-13(10-18)22-15(17-12)14(19)16-8-7-11-5-3-2-4-6-11/h2-6H,7-10H2,1H3,(H,16,19). The summed E-state index contributed by atoms with van der Waals surface area (Å²) in [6.45, 7) is 0.749. The molecule has 0 unspecified atom stereocenters. The number of fused-ring (bicyclic) bond motifs is 1. The number of nitrogens with zero attached hydrogens (tertiary/aromatic N) is 2. The van der Waals surface area contributed by atoms with Crippen molar-refractivity contribution in [2.24, 2.45) is 0 Å². The van der Waals surface area contributed by atoms with Gasteiger partial charge in [-0.1, -0.05) is 30.3 Å². The molecule has 2 heterocycles. The maximum absolute atomic E-state index is 12.0. The highest BCUT2D eigenvalue weighted by Gasteiger charge is 2.32. The molecular formula is C15H17N3O4S. The van der Waals surface area contributed by atoms with Crippen molar-refractivity contribution < 1.29 is 17.6 Å². The molecule has 1 aromatic carbocycles. The molecule has 1 aliphatic rings. The van der Waals surface area contributed by atoms with E-state index in [0.29, 0.717) is 18.0 Å². The Kier molecular flexibility index (Phi) is 4.18. The first-order valence-electron chi connectivity index (χ1n) is 7.19. The fourth-order valence-electron chi connectivity index (χ4n) is 2.39. The van der Waals surface area contributed by atoms with Crippen molar-refractivity contribution >= 4 is 15.9 Å². The van der Waals surface area contributed by atoms with Gasteiger partial charge in [0.25, 0.3) is 5.89 Å². The van der Waals surface area contributed by atoms with E-state index >= 15 is 0 Å². The van der Waals surface area contributed by atoms with Gasteiger partial charge in [0.15, 0.2) is 0 Å². The summed E-state index contributed by atoms with van der Waals surface area (Å²) < 4.78 is 29.6. The Bertz CT molecular complexity index is 791. The van der Waals surface area contributed by atoms with Gasteiger partial charge in [-0.25, -0.2) is 13.4 Å². The van der Waals surface area contributed by atoms with Gasteiger partial charge in [-0.2, -0.15) is 4.31 Å². The summed E-state index contributed by atoms with van der Waals surface area (Å²) in [5.41, 5.74) is 1.63. The lowest BCUT2D eigenvalue weighted by Crippen LogP contribution is -2.27. The lowest BCUT2D eigenvalue weighted by Gasteiger charge is -2.10. The lowest BCUT2D eigenvalue weighted by atomic mass is 10.1. The maximum Gasteiger partial charge on any atom is 0.307 e. The highest BCUT2D eigenvalue weighted by molar-refractivity contribution is 7.88. The van der Waals surface area contributed by atoms with Crippen molar-refractivity contribution in [2.45, 2.75) is 19.5 Å². The van der Waals surface area contributed by atoms with E-state index in [1.807, 2.05) is 30.3 Å². The molecule has 0 saturated carbocycles. The molecule has 0 atom stereocenters. The number of nitrogens with one attached hydrogen (secondary N) is 1. The molecule has 0 saturated heterocycles. The second kappa shape index (κ2) is 6.13. The number of rotatable bonds is 5. The molecule has 0 spiro atoms. The van der Waals surface area contributed by atoms with Crippen LogP contribution in [0.2, 0.25) is 0 Å². The molecule has 1 amide bonds. The van der Waals surface area contributed by atoms with Crippen LogP contribution >= 0.6 is 0 Å². The van der Waals surface area contributed by atoms with Crippen LogP contribution in [-0.4, -0.2) is 36.4 Å². The van der Waals surface area contributed by atoms with E-state index < -0.39 is 10.0 Å². The molecule has 0 aliphatic carbocycles. The number of hydrogen-bond donors (Lipinski definition) is 1. The lowest BCUT2D eigenvalue weighted by molar-refractivity contribution is 0.0916. The quantitative estimate of drug-likeness (QED) is 0.877. The molecule has 23 heavy (non-hydrogen) atoms. The fourth-order valence-corrected chi connectivity index (χ4v) is 3.09. The fraction of sp³-hybridized carbons (Fsp3) is 0.333. The molecular weight excluding hydrogens is 318 g/mol. The Hall–Kier alpha value is -2.19. The van der Waals surface area contributed by atoms with E-state index in [4.69, 9.17) is 4.42 Å². The van der Waals surface area contributed by atoms with E-state index in [0.717, 1.165) is 18.2 Å². The molecule has 0 radical (unpaired) electrons. The number of sulfonamides is 1. The number of amides is 1. The third-order valence-corrected chi connectivity index (χ3v) is 4.83.